The second kappa shape index (κ2) is 7.44. The highest BCUT2D eigenvalue weighted by atomic mass is 32.2. The van der Waals surface area contributed by atoms with E-state index in [-0.39, 0.29) is 0 Å². The fraction of sp³-hybridized carbons (Fsp3) is 0.0435. The maximum Gasteiger partial charge on any atom is 0.0154 e. The van der Waals surface area contributed by atoms with Crippen LogP contribution in [0.15, 0.2) is 102 Å². The summed E-state index contributed by atoms with van der Waals surface area (Å²) in [6.07, 6.45) is 2.17. The monoisotopic (exact) mass is 358 g/mol. The molecule has 0 atom stereocenters. The van der Waals surface area contributed by atoms with Gasteiger partial charge in [0.1, 0.15) is 0 Å². The molecule has 4 rings (SSSR count). The Balaban J connectivity index is 2.02. The molecule has 0 aliphatic rings. The molecule has 0 fully saturated rings. The van der Waals surface area contributed by atoms with Gasteiger partial charge in [0.05, 0.1) is 0 Å². The minimum atomic E-state index is -0.581. The molecule has 2 heteroatoms. The summed E-state index contributed by atoms with van der Waals surface area (Å²) < 4.78 is 0. The molecule has 25 heavy (non-hydrogen) atoms. The van der Waals surface area contributed by atoms with E-state index in [1.807, 2.05) is 11.8 Å². The maximum atomic E-state index is 2.31. The Kier molecular flexibility index (Phi) is 4.88. The quantitative estimate of drug-likeness (QED) is 0.351. The Hall–Kier alpha value is -2.08. The predicted octanol–water partition coefficient (Wildman–Crippen LogP) is 5.32. The molecule has 0 saturated carbocycles. The molecule has 0 aromatic heterocycles. The zero-order valence-electron chi connectivity index (χ0n) is 14.1. The summed E-state index contributed by atoms with van der Waals surface area (Å²) >= 11 is 1.83. The molecule has 0 aliphatic carbocycles. The third-order valence-corrected chi connectivity index (χ3v) is 7.60. The van der Waals surface area contributed by atoms with E-state index in [4.69, 9.17) is 0 Å². The average Bonchev–Trinajstić information content (AvgIpc) is 2.69. The molecule has 0 bridgehead atoms. The van der Waals surface area contributed by atoms with Gasteiger partial charge in [-0.2, -0.15) is 0 Å². The molecule has 0 nitrogen and oxygen atoms in total. The predicted molar refractivity (Wildman–Crippen MR) is 114 cm³/mol. The van der Waals surface area contributed by atoms with Crippen LogP contribution in [0.5, 0.6) is 0 Å². The number of thioether (sulfide) groups is 1. The zero-order chi connectivity index (χ0) is 17.1. The SMILES string of the molecule is CSc1cccc2cccc(P(c3ccccc3)c3ccccc3)c12. The standard InChI is InChI=1S/C23H19PS/c1-25-22-17-9-11-18-10-8-16-21(23(18)22)24(19-12-4-2-5-13-19)20-14-6-3-7-15-20/h2-17H,1H3. The summed E-state index contributed by atoms with van der Waals surface area (Å²) in [7, 11) is -0.581. The van der Waals surface area contributed by atoms with E-state index in [1.165, 1.54) is 31.6 Å². The van der Waals surface area contributed by atoms with Gasteiger partial charge in [-0.1, -0.05) is 91.0 Å². The van der Waals surface area contributed by atoms with Crippen LogP contribution in [0, 0.1) is 0 Å². The molecule has 0 unspecified atom stereocenters. The number of fused-ring (bicyclic) bond motifs is 1. The van der Waals surface area contributed by atoms with Gasteiger partial charge >= 0.3 is 0 Å². The fourth-order valence-corrected chi connectivity index (χ4v) is 6.45. The van der Waals surface area contributed by atoms with Crippen molar-refractivity contribution in [2.45, 2.75) is 4.90 Å². The molecule has 4 aromatic rings. The summed E-state index contributed by atoms with van der Waals surface area (Å²) in [5, 5.41) is 6.95. The van der Waals surface area contributed by atoms with E-state index in [0.29, 0.717) is 0 Å². The van der Waals surface area contributed by atoms with Crippen LogP contribution in [-0.4, -0.2) is 6.26 Å². The van der Waals surface area contributed by atoms with Gasteiger partial charge < -0.3 is 0 Å². The summed E-state index contributed by atoms with van der Waals surface area (Å²) in [6.45, 7) is 0. The zero-order valence-corrected chi connectivity index (χ0v) is 15.8. The van der Waals surface area contributed by atoms with E-state index in [2.05, 4.69) is 103 Å². The highest BCUT2D eigenvalue weighted by Gasteiger charge is 2.19. The number of rotatable bonds is 4. The van der Waals surface area contributed by atoms with Crippen LogP contribution in [0.25, 0.3) is 10.8 Å². The van der Waals surface area contributed by atoms with Crippen molar-refractivity contribution in [2.75, 3.05) is 6.26 Å². The second-order valence-corrected chi connectivity index (χ2v) is 8.88. The first kappa shape index (κ1) is 16.4. The van der Waals surface area contributed by atoms with Crippen molar-refractivity contribution in [1.82, 2.24) is 0 Å². The largest absolute Gasteiger partial charge is 0.129 e. The lowest BCUT2D eigenvalue weighted by Gasteiger charge is -2.22. The topological polar surface area (TPSA) is 0 Å². The first-order valence-corrected chi connectivity index (χ1v) is 10.9. The Labute approximate surface area is 154 Å². The van der Waals surface area contributed by atoms with Crippen LogP contribution in [0.4, 0.5) is 0 Å². The summed E-state index contributed by atoms with van der Waals surface area (Å²) in [5.41, 5.74) is 0. The van der Waals surface area contributed by atoms with Gasteiger partial charge in [-0.3, -0.25) is 0 Å². The van der Waals surface area contributed by atoms with Crippen LogP contribution < -0.4 is 15.9 Å². The lowest BCUT2D eigenvalue weighted by atomic mass is 10.1. The summed E-state index contributed by atoms with van der Waals surface area (Å²) in [5.74, 6) is 0. The molecule has 0 spiro atoms. The van der Waals surface area contributed by atoms with E-state index in [0.717, 1.165) is 0 Å². The molecule has 0 saturated heterocycles. The van der Waals surface area contributed by atoms with Gasteiger partial charge in [-0.05, 0) is 41.5 Å². The van der Waals surface area contributed by atoms with Gasteiger partial charge in [0.2, 0.25) is 0 Å². The molecule has 4 aromatic carbocycles. The first-order valence-electron chi connectivity index (χ1n) is 8.34. The van der Waals surface area contributed by atoms with Crippen LogP contribution in [0.1, 0.15) is 0 Å². The van der Waals surface area contributed by atoms with Gasteiger partial charge in [0, 0.05) is 10.3 Å². The normalized spacial score (nSPS) is 11.1. The van der Waals surface area contributed by atoms with Gasteiger partial charge in [-0.15, -0.1) is 11.8 Å². The molecule has 0 aliphatic heterocycles. The number of hydrogen-bond acceptors (Lipinski definition) is 1. The average molecular weight is 358 g/mol. The van der Waals surface area contributed by atoms with Gasteiger partial charge in [-0.25, -0.2) is 0 Å². The molecule has 0 amide bonds. The van der Waals surface area contributed by atoms with Crippen molar-refractivity contribution in [3.8, 4) is 0 Å². The van der Waals surface area contributed by atoms with Gasteiger partial charge in [0.15, 0.2) is 0 Å². The molecule has 0 radical (unpaired) electrons. The van der Waals surface area contributed by atoms with E-state index >= 15 is 0 Å². The van der Waals surface area contributed by atoms with E-state index < -0.39 is 7.92 Å². The molecular formula is C23H19PS. The van der Waals surface area contributed by atoms with Crippen molar-refractivity contribution in [2.24, 2.45) is 0 Å². The molecule has 122 valence electrons. The Morgan fingerprint density at radius 3 is 1.72 bits per heavy atom. The van der Waals surface area contributed by atoms with E-state index in [1.54, 1.807) is 0 Å². The third kappa shape index (κ3) is 3.23. The maximum absolute atomic E-state index is 2.31. The summed E-state index contributed by atoms with van der Waals surface area (Å²) in [4.78, 5) is 1.35. The van der Waals surface area contributed by atoms with Crippen LogP contribution in [0.2, 0.25) is 0 Å². The van der Waals surface area contributed by atoms with E-state index in [9.17, 15) is 0 Å². The number of hydrogen-bond donors (Lipinski definition) is 0. The third-order valence-electron chi connectivity index (χ3n) is 4.33. The van der Waals surface area contributed by atoms with Crippen molar-refractivity contribution >= 4 is 46.4 Å². The minimum Gasteiger partial charge on any atom is -0.129 e. The van der Waals surface area contributed by atoms with Crippen LogP contribution >= 0.6 is 19.7 Å². The minimum absolute atomic E-state index is 0.581. The Morgan fingerprint density at radius 2 is 1.16 bits per heavy atom. The second-order valence-electron chi connectivity index (χ2n) is 5.84. The van der Waals surface area contributed by atoms with Crippen LogP contribution in [0.3, 0.4) is 0 Å². The smallest absolute Gasteiger partial charge is 0.0154 e. The summed E-state index contributed by atoms with van der Waals surface area (Å²) in [6, 6.07) is 35.2. The van der Waals surface area contributed by atoms with Crippen molar-refractivity contribution in [1.29, 1.82) is 0 Å². The van der Waals surface area contributed by atoms with Gasteiger partial charge in [0.25, 0.3) is 0 Å². The van der Waals surface area contributed by atoms with Crippen LogP contribution in [-0.2, 0) is 0 Å². The number of benzene rings is 4. The first-order chi connectivity index (χ1) is 12.4. The fourth-order valence-electron chi connectivity index (χ4n) is 3.23. The molecular weight excluding hydrogens is 339 g/mol. The van der Waals surface area contributed by atoms with Crippen molar-refractivity contribution < 1.29 is 0 Å². The molecule has 0 heterocycles. The highest BCUT2D eigenvalue weighted by Crippen LogP contribution is 2.38. The lowest BCUT2D eigenvalue weighted by Crippen LogP contribution is -2.21. The van der Waals surface area contributed by atoms with Crippen molar-refractivity contribution in [3.63, 3.8) is 0 Å². The highest BCUT2D eigenvalue weighted by molar-refractivity contribution is 7.99. The molecule has 0 N–H and O–H groups in total. The Bertz CT molecular complexity index is 936. The lowest BCUT2D eigenvalue weighted by molar-refractivity contribution is 1.56. The Morgan fingerprint density at radius 1 is 0.600 bits per heavy atom. The van der Waals surface area contributed by atoms with Crippen molar-refractivity contribution in [3.05, 3.63) is 97.1 Å².